The SMILES string of the molecule is C=C(C1CC1(F)CC)N(CC1CCC(CCC)(c2ccc(CC)cc2)C1)c1cccc(C(/C=C\C)=C/C(C)CC)c1. The van der Waals surface area contributed by atoms with E-state index in [-0.39, 0.29) is 11.3 Å². The lowest BCUT2D eigenvalue weighted by Crippen LogP contribution is -2.31. The highest BCUT2D eigenvalue weighted by Crippen LogP contribution is 2.55. The minimum Gasteiger partial charge on any atom is -0.345 e. The van der Waals surface area contributed by atoms with E-state index < -0.39 is 5.67 Å². The number of anilines is 1. The van der Waals surface area contributed by atoms with E-state index in [0.29, 0.717) is 24.7 Å². The second-order valence-electron chi connectivity index (χ2n) is 13.0. The number of aryl methyl sites for hydroxylation is 1. The van der Waals surface area contributed by atoms with Gasteiger partial charge < -0.3 is 4.90 Å². The van der Waals surface area contributed by atoms with E-state index in [1.54, 1.807) is 0 Å². The van der Waals surface area contributed by atoms with Gasteiger partial charge in [0, 0.05) is 23.8 Å². The van der Waals surface area contributed by atoms with Crippen molar-refractivity contribution in [3.05, 3.63) is 95.7 Å². The standard InChI is InChI=1S/C39H54FN/c1-8-14-33(24-29(6)10-3)34-15-13-16-36(25-34)41(30(7)37-27-39(37,40)12-5)28-32-21-23-38(26-32,22-9-2)35-19-17-31(11-4)18-20-35/h8,13-20,24-25,29,32,37H,7,9-12,21-23,26-28H2,1-6H3/b14-8-,33-24+. The van der Waals surface area contributed by atoms with Crippen LogP contribution in [-0.2, 0) is 11.8 Å². The van der Waals surface area contributed by atoms with E-state index in [0.717, 1.165) is 30.8 Å². The molecular formula is C39H54FN. The predicted molar refractivity (Wildman–Crippen MR) is 177 cm³/mol. The fourth-order valence-electron chi connectivity index (χ4n) is 7.23. The van der Waals surface area contributed by atoms with Crippen molar-refractivity contribution in [1.82, 2.24) is 0 Å². The molecule has 0 spiro atoms. The smallest absolute Gasteiger partial charge is 0.119 e. The quantitative estimate of drug-likeness (QED) is 0.210. The number of rotatable bonds is 14. The Morgan fingerprint density at radius 2 is 1.85 bits per heavy atom. The van der Waals surface area contributed by atoms with Gasteiger partial charge in [-0.25, -0.2) is 4.39 Å². The summed E-state index contributed by atoms with van der Waals surface area (Å²) in [5.41, 5.74) is 6.66. The molecule has 1 nitrogen and oxygen atoms in total. The van der Waals surface area contributed by atoms with E-state index in [4.69, 9.17) is 0 Å². The molecule has 0 saturated heterocycles. The van der Waals surface area contributed by atoms with Gasteiger partial charge in [0.1, 0.15) is 5.67 Å². The summed E-state index contributed by atoms with van der Waals surface area (Å²) in [5.74, 6) is 0.980. The molecule has 0 radical (unpaired) electrons. The van der Waals surface area contributed by atoms with E-state index in [9.17, 15) is 0 Å². The first-order chi connectivity index (χ1) is 19.7. The van der Waals surface area contributed by atoms with Crippen molar-refractivity contribution < 1.29 is 4.39 Å². The average molecular weight is 556 g/mol. The van der Waals surface area contributed by atoms with Gasteiger partial charge in [-0.1, -0.05) is 109 Å². The van der Waals surface area contributed by atoms with Gasteiger partial charge in [0.2, 0.25) is 0 Å². The molecule has 0 heterocycles. The summed E-state index contributed by atoms with van der Waals surface area (Å²) < 4.78 is 15.4. The lowest BCUT2D eigenvalue weighted by atomic mass is 9.74. The fourth-order valence-corrected chi connectivity index (χ4v) is 7.23. The molecule has 0 bridgehead atoms. The predicted octanol–water partition coefficient (Wildman–Crippen LogP) is 11.3. The highest BCUT2D eigenvalue weighted by molar-refractivity contribution is 5.76. The first kappa shape index (κ1) is 31.3. The summed E-state index contributed by atoms with van der Waals surface area (Å²) in [6, 6.07) is 18.3. The molecule has 0 aromatic heterocycles. The number of hydrogen-bond donors (Lipinski definition) is 0. The summed E-state index contributed by atoms with van der Waals surface area (Å²) in [5, 5.41) is 0. The Balaban J connectivity index is 1.65. The minimum absolute atomic E-state index is 0.0785. The molecule has 5 unspecified atom stereocenters. The molecule has 2 aromatic rings. The third kappa shape index (κ3) is 7.07. The first-order valence-electron chi connectivity index (χ1n) is 16.4. The molecule has 222 valence electrons. The van der Waals surface area contributed by atoms with Crippen molar-refractivity contribution >= 4 is 11.3 Å². The van der Waals surface area contributed by atoms with Crippen molar-refractivity contribution in [3.8, 4) is 0 Å². The van der Waals surface area contributed by atoms with Crippen molar-refractivity contribution in [2.24, 2.45) is 17.8 Å². The number of benzene rings is 2. The molecule has 2 heteroatoms. The Hall–Kier alpha value is -2.61. The summed E-state index contributed by atoms with van der Waals surface area (Å²) in [4.78, 5) is 2.40. The van der Waals surface area contributed by atoms with Crippen LogP contribution < -0.4 is 4.90 Å². The van der Waals surface area contributed by atoms with E-state index in [2.05, 4.69) is 113 Å². The van der Waals surface area contributed by atoms with Gasteiger partial charge in [-0.3, -0.25) is 0 Å². The largest absolute Gasteiger partial charge is 0.345 e. The van der Waals surface area contributed by atoms with E-state index in [1.807, 2.05) is 6.92 Å². The minimum atomic E-state index is -1.10. The lowest BCUT2D eigenvalue weighted by Gasteiger charge is -2.33. The third-order valence-electron chi connectivity index (χ3n) is 10.1. The Kier molecular flexibility index (Phi) is 10.4. The van der Waals surface area contributed by atoms with Crippen molar-refractivity contribution in [1.29, 1.82) is 0 Å². The molecule has 2 aromatic carbocycles. The van der Waals surface area contributed by atoms with Crippen molar-refractivity contribution in [2.75, 3.05) is 11.4 Å². The molecule has 4 rings (SSSR count). The number of nitrogens with zero attached hydrogens (tertiary/aromatic N) is 1. The van der Waals surface area contributed by atoms with Crippen LogP contribution in [0.1, 0.15) is 110 Å². The topological polar surface area (TPSA) is 3.24 Å². The molecule has 2 fully saturated rings. The van der Waals surface area contributed by atoms with Gasteiger partial charge in [0.15, 0.2) is 0 Å². The highest BCUT2D eigenvalue weighted by Gasteiger charge is 2.56. The zero-order valence-electron chi connectivity index (χ0n) is 26.7. The van der Waals surface area contributed by atoms with Crippen LogP contribution >= 0.6 is 0 Å². The molecule has 5 atom stereocenters. The summed E-state index contributed by atoms with van der Waals surface area (Å²) >= 11 is 0. The monoisotopic (exact) mass is 555 g/mol. The summed E-state index contributed by atoms with van der Waals surface area (Å²) in [6.45, 7) is 18.6. The lowest BCUT2D eigenvalue weighted by molar-refractivity contribution is 0.280. The summed E-state index contributed by atoms with van der Waals surface area (Å²) in [7, 11) is 0. The molecule has 41 heavy (non-hydrogen) atoms. The van der Waals surface area contributed by atoms with Crippen LogP contribution in [0, 0.1) is 17.8 Å². The summed E-state index contributed by atoms with van der Waals surface area (Å²) in [6.07, 6.45) is 16.1. The van der Waals surface area contributed by atoms with Gasteiger partial charge in [-0.05, 0) is 104 Å². The Morgan fingerprint density at radius 1 is 1.10 bits per heavy atom. The molecule has 0 N–H and O–H groups in total. The molecule has 2 saturated carbocycles. The van der Waals surface area contributed by atoms with Gasteiger partial charge in [0.25, 0.3) is 0 Å². The Labute approximate surface area is 250 Å². The Morgan fingerprint density at radius 3 is 2.46 bits per heavy atom. The van der Waals surface area contributed by atoms with Gasteiger partial charge in [-0.15, -0.1) is 0 Å². The van der Waals surface area contributed by atoms with Crippen LogP contribution in [0.15, 0.2) is 79.0 Å². The number of allylic oxidation sites excluding steroid dienone is 5. The second-order valence-corrected chi connectivity index (χ2v) is 13.0. The van der Waals surface area contributed by atoms with Crippen LogP contribution in [0.4, 0.5) is 10.1 Å². The highest BCUT2D eigenvalue weighted by atomic mass is 19.1. The fraction of sp³-hybridized carbons (Fsp3) is 0.538. The maximum absolute atomic E-state index is 15.4. The number of hydrogen-bond acceptors (Lipinski definition) is 1. The molecule has 0 aliphatic heterocycles. The van der Waals surface area contributed by atoms with E-state index >= 15 is 4.39 Å². The van der Waals surface area contributed by atoms with Crippen molar-refractivity contribution in [3.63, 3.8) is 0 Å². The van der Waals surface area contributed by atoms with Crippen LogP contribution in [0.25, 0.3) is 5.57 Å². The molecule has 2 aliphatic rings. The maximum atomic E-state index is 15.4. The van der Waals surface area contributed by atoms with Crippen LogP contribution in [0.2, 0.25) is 0 Å². The normalized spacial score (nSPS) is 26.9. The van der Waals surface area contributed by atoms with Crippen molar-refractivity contribution in [2.45, 2.75) is 110 Å². The van der Waals surface area contributed by atoms with Gasteiger partial charge in [-0.2, -0.15) is 0 Å². The first-order valence-corrected chi connectivity index (χ1v) is 16.4. The Bertz CT molecular complexity index is 1220. The molecular weight excluding hydrogens is 501 g/mol. The maximum Gasteiger partial charge on any atom is 0.119 e. The van der Waals surface area contributed by atoms with Gasteiger partial charge in [0.05, 0.1) is 0 Å². The number of halogens is 1. The van der Waals surface area contributed by atoms with Gasteiger partial charge >= 0.3 is 0 Å². The zero-order chi connectivity index (χ0) is 29.6. The van der Waals surface area contributed by atoms with Crippen LogP contribution in [0.5, 0.6) is 0 Å². The third-order valence-corrected chi connectivity index (χ3v) is 10.1. The van der Waals surface area contributed by atoms with Crippen LogP contribution in [-0.4, -0.2) is 12.2 Å². The average Bonchev–Trinajstić information content (AvgIpc) is 3.52. The second kappa shape index (κ2) is 13.6. The van der Waals surface area contributed by atoms with E-state index in [1.165, 1.54) is 54.4 Å². The number of alkyl halides is 1. The zero-order valence-corrected chi connectivity index (χ0v) is 26.7. The molecule has 0 amide bonds. The molecule has 2 aliphatic carbocycles. The van der Waals surface area contributed by atoms with Crippen LogP contribution in [0.3, 0.4) is 0 Å².